The lowest BCUT2D eigenvalue weighted by Gasteiger charge is -2.24. The third-order valence-electron chi connectivity index (χ3n) is 3.91. The van der Waals surface area contributed by atoms with Crippen LogP contribution in [0.3, 0.4) is 0 Å². The lowest BCUT2D eigenvalue weighted by atomic mass is 9.99. The van der Waals surface area contributed by atoms with Crippen LogP contribution in [0.1, 0.15) is 30.5 Å². The van der Waals surface area contributed by atoms with E-state index in [0.717, 1.165) is 5.56 Å². The maximum atomic E-state index is 12.0. The molecule has 1 aliphatic heterocycles. The molecule has 0 fully saturated rings. The average molecular weight is 306 g/mol. The van der Waals surface area contributed by atoms with Crippen LogP contribution in [0, 0.1) is 24.0 Å². The van der Waals surface area contributed by atoms with E-state index in [1.165, 1.54) is 13.8 Å². The van der Waals surface area contributed by atoms with Gasteiger partial charge in [-0.1, -0.05) is 0 Å². The number of anilines is 1. The molecule has 0 radical (unpaired) electrons. The SMILES string of the molecule is CC(=O)OCC1Cc2c(cc(C)c([N+](=O)[O-])c2C)N1C(C)=O. The van der Waals surface area contributed by atoms with Crippen molar-refractivity contribution < 1.29 is 19.2 Å². The molecule has 1 amide bonds. The third kappa shape index (κ3) is 2.66. The van der Waals surface area contributed by atoms with Crippen LogP contribution in [0.15, 0.2) is 6.07 Å². The molecule has 0 spiro atoms. The highest BCUT2D eigenvalue weighted by Crippen LogP contribution is 2.40. The number of rotatable bonds is 3. The second-order valence-electron chi connectivity index (χ2n) is 5.47. The molecule has 0 saturated heterocycles. The summed E-state index contributed by atoms with van der Waals surface area (Å²) in [6, 6.07) is 1.34. The zero-order chi connectivity index (χ0) is 16.6. The van der Waals surface area contributed by atoms with Crippen LogP contribution in [0.25, 0.3) is 0 Å². The van der Waals surface area contributed by atoms with Gasteiger partial charge in [0.05, 0.1) is 11.0 Å². The largest absolute Gasteiger partial charge is 0.464 e. The molecule has 118 valence electrons. The van der Waals surface area contributed by atoms with Gasteiger partial charge >= 0.3 is 5.97 Å². The zero-order valence-corrected chi connectivity index (χ0v) is 13.0. The molecule has 0 saturated carbocycles. The van der Waals surface area contributed by atoms with Gasteiger partial charge in [0.1, 0.15) is 6.61 Å². The number of aryl methyl sites for hydroxylation is 1. The standard InChI is InChI=1S/C15H18N2O5/c1-8-5-14-13(9(2)15(8)17(20)21)6-12(7-22-11(4)19)16(14)10(3)18/h5,12H,6-7H2,1-4H3. The van der Waals surface area contributed by atoms with Gasteiger partial charge in [0, 0.05) is 30.7 Å². The van der Waals surface area contributed by atoms with Crippen molar-refractivity contribution in [3.05, 3.63) is 32.9 Å². The van der Waals surface area contributed by atoms with Gasteiger partial charge < -0.3 is 9.64 Å². The van der Waals surface area contributed by atoms with E-state index in [0.29, 0.717) is 23.2 Å². The van der Waals surface area contributed by atoms with Gasteiger partial charge in [-0.3, -0.25) is 19.7 Å². The number of ether oxygens (including phenoxy) is 1. The van der Waals surface area contributed by atoms with E-state index >= 15 is 0 Å². The number of amides is 1. The lowest BCUT2D eigenvalue weighted by Crippen LogP contribution is -2.39. The molecule has 0 bridgehead atoms. The summed E-state index contributed by atoms with van der Waals surface area (Å²) in [5.41, 5.74) is 2.60. The fourth-order valence-electron chi connectivity index (χ4n) is 3.04. The molecular formula is C15H18N2O5. The minimum atomic E-state index is -0.418. The number of carbonyl (C=O) groups is 2. The van der Waals surface area contributed by atoms with Crippen molar-refractivity contribution in [2.75, 3.05) is 11.5 Å². The van der Waals surface area contributed by atoms with E-state index in [9.17, 15) is 19.7 Å². The summed E-state index contributed by atoms with van der Waals surface area (Å²) in [4.78, 5) is 35.3. The first-order valence-corrected chi connectivity index (χ1v) is 6.94. The first-order chi connectivity index (χ1) is 10.2. The first-order valence-electron chi connectivity index (χ1n) is 6.94. The molecule has 7 nitrogen and oxygen atoms in total. The molecule has 0 N–H and O–H groups in total. The van der Waals surface area contributed by atoms with Crippen LogP contribution >= 0.6 is 0 Å². The van der Waals surface area contributed by atoms with E-state index in [1.54, 1.807) is 24.8 Å². The Morgan fingerprint density at radius 1 is 1.41 bits per heavy atom. The topological polar surface area (TPSA) is 89.8 Å². The molecule has 1 aliphatic rings. The molecule has 0 aliphatic carbocycles. The van der Waals surface area contributed by atoms with Crippen LogP contribution in [0.5, 0.6) is 0 Å². The summed E-state index contributed by atoms with van der Waals surface area (Å²) in [7, 11) is 0. The number of nitro groups is 1. The molecule has 2 rings (SSSR count). The minimum Gasteiger partial charge on any atom is -0.464 e. The van der Waals surface area contributed by atoms with Gasteiger partial charge in [-0.25, -0.2) is 0 Å². The van der Waals surface area contributed by atoms with Crippen molar-refractivity contribution >= 4 is 23.3 Å². The minimum absolute atomic E-state index is 0.0791. The van der Waals surface area contributed by atoms with Gasteiger partial charge in [0.15, 0.2) is 0 Å². The van der Waals surface area contributed by atoms with Crippen LogP contribution in [0.2, 0.25) is 0 Å². The number of fused-ring (bicyclic) bond motifs is 1. The summed E-state index contributed by atoms with van der Waals surface area (Å²) in [5, 5.41) is 11.2. The Morgan fingerprint density at radius 3 is 2.55 bits per heavy atom. The Morgan fingerprint density at radius 2 is 2.05 bits per heavy atom. The summed E-state index contributed by atoms with van der Waals surface area (Å²) in [5.74, 6) is -0.595. The molecule has 7 heteroatoms. The number of nitro benzene ring substituents is 1. The van der Waals surface area contributed by atoms with E-state index < -0.39 is 10.9 Å². The summed E-state index contributed by atoms with van der Waals surface area (Å²) in [6.45, 7) is 6.16. The molecular weight excluding hydrogens is 288 g/mol. The fraction of sp³-hybridized carbons (Fsp3) is 0.467. The predicted molar refractivity (Wildman–Crippen MR) is 79.9 cm³/mol. The van der Waals surface area contributed by atoms with E-state index in [1.807, 2.05) is 0 Å². The second kappa shape index (κ2) is 5.75. The molecule has 1 heterocycles. The lowest BCUT2D eigenvalue weighted by molar-refractivity contribution is -0.386. The van der Waals surface area contributed by atoms with Gasteiger partial charge in [0.2, 0.25) is 5.91 Å². The van der Waals surface area contributed by atoms with Crippen LogP contribution in [0.4, 0.5) is 11.4 Å². The van der Waals surface area contributed by atoms with Gasteiger partial charge in [0.25, 0.3) is 5.69 Å². The molecule has 1 atom stereocenters. The zero-order valence-electron chi connectivity index (χ0n) is 13.0. The van der Waals surface area contributed by atoms with Gasteiger partial charge in [-0.2, -0.15) is 0 Å². The Bertz CT molecular complexity index is 668. The van der Waals surface area contributed by atoms with E-state index in [4.69, 9.17) is 4.74 Å². The van der Waals surface area contributed by atoms with Gasteiger partial charge in [-0.05, 0) is 31.9 Å². The number of carbonyl (C=O) groups excluding carboxylic acids is 2. The summed E-state index contributed by atoms with van der Waals surface area (Å²) < 4.78 is 5.02. The highest BCUT2D eigenvalue weighted by Gasteiger charge is 2.36. The molecule has 22 heavy (non-hydrogen) atoms. The maximum absolute atomic E-state index is 12.0. The van der Waals surface area contributed by atoms with E-state index in [2.05, 4.69) is 0 Å². The number of hydrogen-bond acceptors (Lipinski definition) is 5. The smallest absolute Gasteiger partial charge is 0.302 e. The molecule has 1 aromatic rings. The highest BCUT2D eigenvalue weighted by atomic mass is 16.6. The van der Waals surface area contributed by atoms with Crippen molar-refractivity contribution in [3.8, 4) is 0 Å². The normalized spacial score (nSPS) is 16.4. The van der Waals surface area contributed by atoms with Crippen molar-refractivity contribution in [1.29, 1.82) is 0 Å². The quantitative estimate of drug-likeness (QED) is 0.484. The fourth-order valence-corrected chi connectivity index (χ4v) is 3.04. The van der Waals surface area contributed by atoms with Crippen LogP contribution in [-0.4, -0.2) is 29.4 Å². The van der Waals surface area contributed by atoms with Crippen molar-refractivity contribution in [2.45, 2.75) is 40.2 Å². The number of hydrogen-bond donors (Lipinski definition) is 0. The van der Waals surface area contributed by atoms with Crippen molar-refractivity contribution in [2.24, 2.45) is 0 Å². The Labute approximate surface area is 128 Å². The average Bonchev–Trinajstić information content (AvgIpc) is 2.74. The number of benzene rings is 1. The van der Waals surface area contributed by atoms with Crippen molar-refractivity contribution in [3.63, 3.8) is 0 Å². The Kier molecular flexibility index (Phi) is 4.16. The second-order valence-corrected chi connectivity index (χ2v) is 5.47. The van der Waals surface area contributed by atoms with Crippen LogP contribution in [-0.2, 0) is 20.7 Å². The summed E-state index contributed by atoms with van der Waals surface area (Å²) >= 11 is 0. The number of nitrogens with zero attached hydrogens (tertiary/aromatic N) is 2. The van der Waals surface area contributed by atoms with Gasteiger partial charge in [-0.15, -0.1) is 0 Å². The molecule has 1 unspecified atom stereocenters. The molecule has 0 aromatic heterocycles. The predicted octanol–water partition coefficient (Wildman–Crippen LogP) is 2.05. The first kappa shape index (κ1) is 15.9. The van der Waals surface area contributed by atoms with Crippen LogP contribution < -0.4 is 4.90 Å². The monoisotopic (exact) mass is 306 g/mol. The molecule has 1 aromatic carbocycles. The van der Waals surface area contributed by atoms with E-state index in [-0.39, 0.29) is 24.2 Å². The highest BCUT2D eigenvalue weighted by molar-refractivity contribution is 5.95. The maximum Gasteiger partial charge on any atom is 0.302 e. The third-order valence-corrected chi connectivity index (χ3v) is 3.91. The summed E-state index contributed by atoms with van der Waals surface area (Å²) in [6.07, 6.45) is 0.440. The Hall–Kier alpha value is -2.44. The van der Waals surface area contributed by atoms with Crippen molar-refractivity contribution in [1.82, 2.24) is 0 Å². The Balaban J connectivity index is 2.49. The number of esters is 1.